The number of tetrazole rings is 1. The number of carbonyl (C=O) groups is 2. The summed E-state index contributed by atoms with van der Waals surface area (Å²) in [6, 6.07) is 17.3. The Bertz CT molecular complexity index is 1430. The number of hydrogen-bond acceptors (Lipinski definition) is 6. The van der Waals surface area contributed by atoms with E-state index in [1.54, 1.807) is 18.2 Å². The minimum absolute atomic E-state index is 0.0285. The third-order valence-corrected chi connectivity index (χ3v) is 5.87. The lowest BCUT2D eigenvalue weighted by atomic mass is 10.1. The van der Waals surface area contributed by atoms with E-state index in [9.17, 15) is 14.0 Å². The van der Waals surface area contributed by atoms with Crippen LogP contribution in [0.1, 0.15) is 11.3 Å². The third kappa shape index (κ3) is 4.75. The summed E-state index contributed by atoms with van der Waals surface area (Å²) in [6.07, 6.45) is 1.96. The second-order valence-electron chi connectivity index (χ2n) is 7.81. The van der Waals surface area contributed by atoms with E-state index in [1.165, 1.54) is 23.1 Å². The van der Waals surface area contributed by atoms with Gasteiger partial charge in [0.1, 0.15) is 11.4 Å². The van der Waals surface area contributed by atoms with Gasteiger partial charge >= 0.3 is 0 Å². The first-order chi connectivity index (χ1) is 17.0. The van der Waals surface area contributed by atoms with E-state index in [-0.39, 0.29) is 23.0 Å². The quantitative estimate of drug-likeness (QED) is 0.219. The molecular weight excluding hydrogens is 469 g/mol. The molecule has 2 aromatic carbocycles. The zero-order chi connectivity index (χ0) is 24.4. The summed E-state index contributed by atoms with van der Waals surface area (Å²) in [6.45, 7) is 0.254. The number of H-pyrrole nitrogens is 2. The molecule has 11 heteroatoms. The van der Waals surface area contributed by atoms with Crippen molar-refractivity contribution in [3.8, 4) is 22.6 Å². The molecule has 0 aliphatic carbocycles. The molecule has 0 radical (unpaired) electrons. The molecular formula is C24H18FN7O2S. The van der Waals surface area contributed by atoms with Gasteiger partial charge in [-0.25, -0.2) is 9.49 Å². The van der Waals surface area contributed by atoms with E-state index in [0.29, 0.717) is 17.9 Å². The van der Waals surface area contributed by atoms with Gasteiger partial charge in [-0.1, -0.05) is 36.4 Å². The van der Waals surface area contributed by atoms with Crippen molar-refractivity contribution >= 4 is 35.2 Å². The van der Waals surface area contributed by atoms with E-state index in [4.69, 9.17) is 12.2 Å². The second-order valence-corrected chi connectivity index (χ2v) is 8.19. The predicted octanol–water partition coefficient (Wildman–Crippen LogP) is 2.87. The van der Waals surface area contributed by atoms with Crippen molar-refractivity contribution in [1.29, 1.82) is 0 Å². The smallest absolute Gasteiger partial charge is 0.265 e. The van der Waals surface area contributed by atoms with Crippen molar-refractivity contribution in [3.05, 3.63) is 83.3 Å². The van der Waals surface area contributed by atoms with Crippen LogP contribution in [-0.4, -0.2) is 54.0 Å². The minimum Gasteiger partial charge on any atom is -0.355 e. The maximum absolute atomic E-state index is 13.1. The average molecular weight is 488 g/mol. The van der Waals surface area contributed by atoms with E-state index < -0.39 is 11.8 Å². The zero-order valence-corrected chi connectivity index (χ0v) is 19.0. The highest BCUT2D eigenvalue weighted by Gasteiger charge is 2.33. The van der Waals surface area contributed by atoms with Crippen LogP contribution in [0.2, 0.25) is 0 Å². The SMILES string of the molecule is O=C1NC(=S)N(CCc2ccc(F)cc2)C(=O)/C1=C\c1ccc(-c2ccc(-c3nnn[nH]3)cc2)[nH]1. The maximum atomic E-state index is 13.1. The van der Waals surface area contributed by atoms with Gasteiger partial charge in [-0.3, -0.25) is 19.8 Å². The van der Waals surface area contributed by atoms with Crippen molar-refractivity contribution in [2.24, 2.45) is 0 Å². The molecule has 174 valence electrons. The summed E-state index contributed by atoms with van der Waals surface area (Å²) < 4.78 is 13.1. The molecule has 0 spiro atoms. The molecule has 35 heavy (non-hydrogen) atoms. The summed E-state index contributed by atoms with van der Waals surface area (Å²) in [7, 11) is 0. The minimum atomic E-state index is -0.556. The number of rotatable bonds is 6. The summed E-state index contributed by atoms with van der Waals surface area (Å²) in [5.74, 6) is -0.803. The molecule has 3 N–H and O–H groups in total. The van der Waals surface area contributed by atoms with Crippen LogP contribution in [0.15, 0.2) is 66.2 Å². The van der Waals surface area contributed by atoms with E-state index >= 15 is 0 Å². The van der Waals surface area contributed by atoms with Crippen LogP contribution in [0.5, 0.6) is 0 Å². The summed E-state index contributed by atoms with van der Waals surface area (Å²) in [5.41, 5.74) is 3.98. The molecule has 2 aromatic heterocycles. The fourth-order valence-corrected chi connectivity index (χ4v) is 3.97. The summed E-state index contributed by atoms with van der Waals surface area (Å²) in [4.78, 5) is 30.1. The van der Waals surface area contributed by atoms with Gasteiger partial charge in [-0.2, -0.15) is 0 Å². The molecule has 0 bridgehead atoms. The number of thiocarbonyl (C=S) groups is 1. The van der Waals surface area contributed by atoms with Crippen LogP contribution in [0.3, 0.4) is 0 Å². The number of nitrogens with zero attached hydrogens (tertiary/aromatic N) is 4. The van der Waals surface area contributed by atoms with Gasteiger partial charge in [0.15, 0.2) is 10.9 Å². The average Bonchev–Trinajstić information content (AvgIpc) is 3.56. The number of aromatic nitrogens is 5. The number of amides is 2. The first kappa shape index (κ1) is 22.3. The van der Waals surface area contributed by atoms with Crippen LogP contribution < -0.4 is 5.32 Å². The number of benzene rings is 2. The Balaban J connectivity index is 1.32. The molecule has 3 heterocycles. The number of aromatic amines is 2. The van der Waals surface area contributed by atoms with Crippen LogP contribution in [0.4, 0.5) is 4.39 Å². The maximum Gasteiger partial charge on any atom is 0.265 e. The number of nitrogens with one attached hydrogen (secondary N) is 3. The topological polar surface area (TPSA) is 120 Å². The molecule has 1 saturated heterocycles. The number of hydrogen-bond donors (Lipinski definition) is 3. The summed E-state index contributed by atoms with van der Waals surface area (Å²) >= 11 is 5.21. The normalized spacial score (nSPS) is 15.1. The highest BCUT2D eigenvalue weighted by molar-refractivity contribution is 7.80. The fourth-order valence-electron chi connectivity index (χ4n) is 3.70. The number of carbonyl (C=O) groups excluding carboxylic acids is 2. The van der Waals surface area contributed by atoms with Crippen molar-refractivity contribution in [3.63, 3.8) is 0 Å². The molecule has 1 aliphatic rings. The summed E-state index contributed by atoms with van der Waals surface area (Å²) in [5, 5.41) is 16.4. The molecule has 9 nitrogen and oxygen atoms in total. The zero-order valence-electron chi connectivity index (χ0n) is 18.2. The van der Waals surface area contributed by atoms with Gasteiger partial charge in [0.05, 0.1) is 0 Å². The van der Waals surface area contributed by atoms with Crippen molar-refractivity contribution in [2.75, 3.05) is 6.54 Å². The second kappa shape index (κ2) is 9.39. The Morgan fingerprint density at radius 2 is 1.71 bits per heavy atom. The van der Waals surface area contributed by atoms with E-state index in [0.717, 1.165) is 22.4 Å². The van der Waals surface area contributed by atoms with Gasteiger partial charge < -0.3 is 4.98 Å². The van der Waals surface area contributed by atoms with Gasteiger partial charge in [-0.05, 0) is 70.5 Å². The third-order valence-electron chi connectivity index (χ3n) is 5.55. The molecule has 0 atom stereocenters. The molecule has 0 saturated carbocycles. The number of halogens is 1. The highest BCUT2D eigenvalue weighted by Crippen LogP contribution is 2.23. The molecule has 1 aliphatic heterocycles. The van der Waals surface area contributed by atoms with Crippen molar-refractivity contribution in [2.45, 2.75) is 6.42 Å². The molecule has 1 fully saturated rings. The van der Waals surface area contributed by atoms with Gasteiger partial charge in [-0.15, -0.1) is 5.10 Å². The Morgan fingerprint density at radius 1 is 0.971 bits per heavy atom. The highest BCUT2D eigenvalue weighted by atomic mass is 32.1. The van der Waals surface area contributed by atoms with Crippen molar-refractivity contribution in [1.82, 2.24) is 35.8 Å². The molecule has 2 amide bonds. The first-order valence-corrected chi connectivity index (χ1v) is 11.1. The lowest BCUT2D eigenvalue weighted by molar-refractivity contribution is -0.128. The van der Waals surface area contributed by atoms with E-state index in [2.05, 4.69) is 30.9 Å². The largest absolute Gasteiger partial charge is 0.355 e. The Labute approximate surface area is 204 Å². The van der Waals surface area contributed by atoms with Gasteiger partial charge in [0.25, 0.3) is 11.8 Å². The predicted molar refractivity (Wildman–Crippen MR) is 130 cm³/mol. The lowest BCUT2D eigenvalue weighted by Gasteiger charge is -2.28. The monoisotopic (exact) mass is 487 g/mol. The molecule has 4 aromatic rings. The van der Waals surface area contributed by atoms with Gasteiger partial charge in [0, 0.05) is 23.5 Å². The molecule has 5 rings (SSSR count). The fraction of sp³-hybridized carbons (Fsp3) is 0.0833. The Hall–Kier alpha value is -4.51. The van der Waals surface area contributed by atoms with Crippen LogP contribution in [0, 0.1) is 5.82 Å². The van der Waals surface area contributed by atoms with Crippen LogP contribution in [-0.2, 0) is 16.0 Å². The molecule has 0 unspecified atom stereocenters. The van der Waals surface area contributed by atoms with Gasteiger partial charge in [0.2, 0.25) is 0 Å². The lowest BCUT2D eigenvalue weighted by Crippen LogP contribution is -2.54. The Kier molecular flexibility index (Phi) is 5.98. The first-order valence-electron chi connectivity index (χ1n) is 10.6. The van der Waals surface area contributed by atoms with E-state index in [1.807, 2.05) is 30.3 Å². The standard InChI is InChI=1S/C24H18FN7O2S/c25-17-7-1-14(2-8-17)11-12-32-23(34)19(22(33)27-24(32)35)13-18-9-10-20(26-18)15-3-5-16(6-4-15)21-28-30-31-29-21/h1-10,13,26H,11-12H2,(H,27,33,35)(H,28,29,30,31)/b19-13-. The van der Waals surface area contributed by atoms with Crippen LogP contribution >= 0.6 is 12.2 Å². The van der Waals surface area contributed by atoms with Crippen molar-refractivity contribution < 1.29 is 14.0 Å². The Morgan fingerprint density at radius 3 is 2.43 bits per heavy atom. The van der Waals surface area contributed by atoms with Crippen LogP contribution in [0.25, 0.3) is 28.7 Å².